The van der Waals surface area contributed by atoms with E-state index >= 15 is 0 Å². The van der Waals surface area contributed by atoms with Crippen LogP contribution in [0, 0.1) is 0 Å². The number of nitrogens with zero attached hydrogens (tertiary/aromatic N) is 2. The van der Waals surface area contributed by atoms with Crippen molar-refractivity contribution in [2.45, 2.75) is 0 Å². The van der Waals surface area contributed by atoms with Gasteiger partial charge in [-0.1, -0.05) is 18.2 Å². The first-order valence-electron chi connectivity index (χ1n) is 4.36. The highest BCUT2D eigenvalue weighted by atomic mass is 16.4. The molecule has 1 aromatic carbocycles. The van der Waals surface area contributed by atoms with Gasteiger partial charge in [0.1, 0.15) is 5.70 Å². The Labute approximate surface area is 85.6 Å². The first-order chi connectivity index (χ1) is 7.27. The van der Waals surface area contributed by atoms with Crippen LogP contribution in [0.5, 0.6) is 0 Å². The van der Waals surface area contributed by atoms with Crippen LogP contribution in [0.15, 0.2) is 46.1 Å². The number of hydrogen-bond acceptors (Lipinski definition) is 4. The summed E-state index contributed by atoms with van der Waals surface area (Å²) in [7, 11) is 0. The van der Waals surface area contributed by atoms with Gasteiger partial charge in [0.05, 0.1) is 17.5 Å². The van der Waals surface area contributed by atoms with E-state index in [0.29, 0.717) is 5.36 Å². The molecule has 15 heavy (non-hydrogen) atoms. The number of carbonyl (C=O) groups is 1. The van der Waals surface area contributed by atoms with Gasteiger partial charge in [0.25, 0.3) is 0 Å². The summed E-state index contributed by atoms with van der Waals surface area (Å²) in [5.74, 6) is -1.33. The van der Waals surface area contributed by atoms with E-state index in [0.717, 1.165) is 5.22 Å². The number of aliphatic imine (C=N–C) groups is 1. The van der Waals surface area contributed by atoms with Crippen LogP contribution in [-0.2, 0) is 4.79 Å². The van der Waals surface area contributed by atoms with Crippen molar-refractivity contribution in [1.29, 1.82) is 0 Å². The lowest BCUT2D eigenvalue weighted by molar-refractivity contribution is -0.299. The van der Waals surface area contributed by atoms with Crippen LogP contribution in [0.3, 0.4) is 0 Å². The molecular weight excluding hydrogens is 192 g/mol. The molecule has 1 aliphatic rings. The highest BCUT2D eigenvalue weighted by Gasteiger charge is 1.96. The van der Waals surface area contributed by atoms with Crippen molar-refractivity contribution in [3.05, 3.63) is 46.7 Å². The molecule has 0 aromatic heterocycles. The van der Waals surface area contributed by atoms with E-state index in [2.05, 4.69) is 9.98 Å². The second kappa shape index (κ2) is 3.88. The Morgan fingerprint density at radius 1 is 1.27 bits per heavy atom. The molecule has 0 bridgehead atoms. The van der Waals surface area contributed by atoms with Gasteiger partial charge < -0.3 is 9.90 Å². The predicted octanol–water partition coefficient (Wildman–Crippen LogP) is -1.24. The quantitative estimate of drug-likeness (QED) is 0.568. The van der Waals surface area contributed by atoms with Gasteiger partial charge in [-0.25, -0.2) is 4.99 Å². The Morgan fingerprint density at radius 3 is 2.87 bits per heavy atom. The highest BCUT2D eigenvalue weighted by Crippen LogP contribution is 1.94. The molecule has 0 aliphatic carbocycles. The zero-order valence-electron chi connectivity index (χ0n) is 7.75. The van der Waals surface area contributed by atoms with Crippen LogP contribution in [0.25, 0.3) is 6.08 Å². The van der Waals surface area contributed by atoms with E-state index in [1.54, 1.807) is 18.2 Å². The second-order valence-corrected chi connectivity index (χ2v) is 2.94. The van der Waals surface area contributed by atoms with E-state index in [1.807, 2.05) is 12.1 Å². The third-order valence-corrected chi connectivity index (χ3v) is 1.92. The molecule has 0 N–H and O–H groups in total. The molecule has 1 aliphatic heterocycles. The summed E-state index contributed by atoms with van der Waals surface area (Å²) >= 11 is 0. The summed E-state index contributed by atoms with van der Waals surface area (Å²) < 4.78 is 0. The van der Waals surface area contributed by atoms with Crippen LogP contribution < -0.4 is 15.7 Å². The maximum absolute atomic E-state index is 10.7. The Hall–Kier alpha value is -2.23. The molecular formula is C11H7N2O2-. The van der Waals surface area contributed by atoms with E-state index in [4.69, 9.17) is 0 Å². The summed E-state index contributed by atoms with van der Waals surface area (Å²) in [5, 5.41) is 12.1. The second-order valence-electron chi connectivity index (χ2n) is 2.94. The smallest absolute Gasteiger partial charge is 0.105 e. The van der Waals surface area contributed by atoms with E-state index < -0.39 is 5.97 Å². The van der Waals surface area contributed by atoms with Crippen LogP contribution in [0.4, 0.5) is 0 Å². The van der Waals surface area contributed by atoms with E-state index in [9.17, 15) is 9.90 Å². The summed E-state index contributed by atoms with van der Waals surface area (Å²) in [5.41, 5.74) is -0.174. The number of carboxylic acid groups (broad SMARTS) is 1. The third kappa shape index (κ3) is 1.99. The predicted molar refractivity (Wildman–Crippen MR) is 53.3 cm³/mol. The monoisotopic (exact) mass is 199 g/mol. The zero-order chi connectivity index (χ0) is 10.7. The van der Waals surface area contributed by atoms with Gasteiger partial charge >= 0.3 is 0 Å². The highest BCUT2D eigenvalue weighted by molar-refractivity contribution is 5.92. The molecule has 2 rings (SSSR count). The number of para-hydroxylation sites is 1. The van der Waals surface area contributed by atoms with Crippen LogP contribution in [-0.4, -0.2) is 12.2 Å². The third-order valence-electron chi connectivity index (χ3n) is 1.92. The molecule has 0 unspecified atom stereocenters. The molecule has 0 fully saturated rings. The number of carbonyl (C=O) groups excluding carboxylic acids is 1. The zero-order valence-corrected chi connectivity index (χ0v) is 7.75. The number of aliphatic carboxylic acids is 1. The Kier molecular flexibility index (Phi) is 2.41. The first kappa shape index (κ1) is 9.33. The van der Waals surface area contributed by atoms with Crippen LogP contribution >= 0.6 is 0 Å². The number of fused-ring (bicyclic) bond motifs is 1. The fourth-order valence-corrected chi connectivity index (χ4v) is 1.22. The Balaban J connectivity index is 2.72. The minimum absolute atomic E-state index is 0.174. The Morgan fingerprint density at radius 2 is 2.07 bits per heavy atom. The van der Waals surface area contributed by atoms with Crippen molar-refractivity contribution in [2.24, 2.45) is 9.98 Å². The van der Waals surface area contributed by atoms with Crippen molar-refractivity contribution in [2.75, 3.05) is 0 Å². The molecule has 0 radical (unpaired) electrons. The number of benzene rings is 1. The van der Waals surface area contributed by atoms with Crippen molar-refractivity contribution >= 4 is 18.3 Å². The number of hydrogen-bond donors (Lipinski definition) is 0. The fraction of sp³-hybridized carbons (Fsp3) is 0. The van der Waals surface area contributed by atoms with Gasteiger partial charge in [-0.15, -0.1) is 0 Å². The molecule has 0 atom stereocenters. The van der Waals surface area contributed by atoms with Gasteiger partial charge in [-0.2, -0.15) is 0 Å². The normalized spacial score (nSPS) is 23.9. The minimum atomic E-state index is -1.33. The minimum Gasteiger partial charge on any atom is -0.543 e. The Bertz CT molecular complexity index is 570. The molecule has 4 heteroatoms. The molecule has 74 valence electrons. The SMILES string of the molecule is O=C([O-])C1=C/N=C/C=c2/cccc/c2=N\1. The lowest BCUT2D eigenvalue weighted by atomic mass is 10.2. The largest absolute Gasteiger partial charge is 0.543 e. The molecule has 0 amide bonds. The topological polar surface area (TPSA) is 64.8 Å². The maximum atomic E-state index is 10.7. The maximum Gasteiger partial charge on any atom is 0.105 e. The van der Waals surface area contributed by atoms with Gasteiger partial charge in [0, 0.05) is 11.4 Å². The lowest BCUT2D eigenvalue weighted by Gasteiger charge is -2.01. The molecule has 1 heterocycles. The summed E-state index contributed by atoms with van der Waals surface area (Å²) in [6, 6.07) is 7.22. The molecule has 4 nitrogen and oxygen atoms in total. The fourth-order valence-electron chi connectivity index (χ4n) is 1.22. The van der Waals surface area contributed by atoms with Crippen LogP contribution in [0.2, 0.25) is 0 Å². The standard InChI is InChI=1S/C11H8N2O2/c14-11(15)10-7-12-6-5-8-3-1-2-4-9(8)13-10/h1-7H,(H,14,15)/p-1/b6-5?,8-5-,10-7-,12-6+,12-7?,13-9+,13-10?. The van der Waals surface area contributed by atoms with Gasteiger partial charge in [-0.3, -0.25) is 4.99 Å². The van der Waals surface area contributed by atoms with Gasteiger partial charge in [0.2, 0.25) is 0 Å². The average molecular weight is 199 g/mol. The molecule has 1 aromatic rings. The average Bonchev–Trinajstić information content (AvgIpc) is 2.18. The number of rotatable bonds is 1. The first-order valence-corrected chi connectivity index (χ1v) is 4.36. The van der Waals surface area contributed by atoms with E-state index in [1.165, 1.54) is 12.4 Å². The van der Waals surface area contributed by atoms with Crippen molar-refractivity contribution in [1.82, 2.24) is 0 Å². The van der Waals surface area contributed by atoms with Gasteiger partial charge in [0.15, 0.2) is 0 Å². The van der Waals surface area contributed by atoms with E-state index in [-0.39, 0.29) is 5.70 Å². The van der Waals surface area contributed by atoms with Crippen molar-refractivity contribution in [3.63, 3.8) is 0 Å². The summed E-state index contributed by atoms with van der Waals surface area (Å²) in [4.78, 5) is 18.4. The van der Waals surface area contributed by atoms with Crippen LogP contribution in [0.1, 0.15) is 0 Å². The lowest BCUT2D eigenvalue weighted by Crippen LogP contribution is -2.29. The van der Waals surface area contributed by atoms with Crippen molar-refractivity contribution < 1.29 is 9.90 Å². The molecule has 0 spiro atoms. The molecule has 0 saturated carbocycles. The molecule has 0 saturated heterocycles. The number of carboxylic acids is 1. The summed E-state index contributed by atoms with van der Waals surface area (Å²) in [6.45, 7) is 0. The van der Waals surface area contributed by atoms with Crippen molar-refractivity contribution in [3.8, 4) is 0 Å². The van der Waals surface area contributed by atoms with Gasteiger partial charge in [-0.05, 0) is 12.1 Å². The summed E-state index contributed by atoms with van der Waals surface area (Å²) in [6.07, 6.45) is 4.46.